The van der Waals surface area contributed by atoms with Crippen molar-refractivity contribution in [2.24, 2.45) is 0 Å². The Kier molecular flexibility index (Phi) is 5.89. The number of hydrogen-bond donors (Lipinski definition) is 1. The zero-order chi connectivity index (χ0) is 21.3. The maximum atomic E-state index is 6.48. The fourth-order valence-electron chi connectivity index (χ4n) is 3.83. The van der Waals surface area contributed by atoms with Crippen LogP contribution in [0.3, 0.4) is 0 Å². The van der Waals surface area contributed by atoms with Crippen molar-refractivity contribution >= 4 is 5.69 Å². The fraction of sp³-hybridized carbons (Fsp3) is 0.357. The van der Waals surface area contributed by atoms with E-state index in [0.717, 1.165) is 5.69 Å². The maximum absolute atomic E-state index is 6.48. The van der Waals surface area contributed by atoms with Crippen molar-refractivity contribution in [3.63, 3.8) is 0 Å². The highest BCUT2D eigenvalue weighted by Crippen LogP contribution is 2.39. The summed E-state index contributed by atoms with van der Waals surface area (Å²) in [6, 6.07) is 22.4. The molecule has 3 aromatic rings. The molecule has 0 aliphatic heterocycles. The largest absolute Gasteiger partial charge is 0.398 e. The van der Waals surface area contributed by atoms with Gasteiger partial charge in [0.25, 0.3) is 0 Å². The van der Waals surface area contributed by atoms with Gasteiger partial charge in [0.1, 0.15) is 0 Å². The van der Waals surface area contributed by atoms with Gasteiger partial charge < -0.3 is 5.73 Å². The topological polar surface area (TPSA) is 26.0 Å². The van der Waals surface area contributed by atoms with Crippen molar-refractivity contribution in [2.45, 2.75) is 65.7 Å². The average Bonchev–Trinajstić information content (AvgIpc) is 2.67. The molecule has 0 fully saturated rings. The van der Waals surface area contributed by atoms with Gasteiger partial charge in [0.2, 0.25) is 0 Å². The Bertz CT molecular complexity index is 986. The quantitative estimate of drug-likeness (QED) is 0.450. The van der Waals surface area contributed by atoms with E-state index in [1.165, 1.54) is 38.9 Å². The highest BCUT2D eigenvalue weighted by atomic mass is 14.6. The van der Waals surface area contributed by atoms with Crippen LogP contribution in [0.15, 0.2) is 60.7 Å². The summed E-state index contributed by atoms with van der Waals surface area (Å²) in [6.45, 7) is 15.7. The molecule has 0 radical (unpaired) electrons. The van der Waals surface area contributed by atoms with Crippen molar-refractivity contribution in [3.05, 3.63) is 77.4 Å². The summed E-state index contributed by atoms with van der Waals surface area (Å²) in [5.41, 5.74) is 16.4. The number of benzene rings is 3. The second-order valence-electron chi connectivity index (χ2n) is 9.79. The molecule has 29 heavy (non-hydrogen) atoms. The SMILES string of the molecule is CC(C)c1cccc(-c2cc(C(C)C)c(N)cc2-c2ccc(C(C)(C)C)cc2)c1. The van der Waals surface area contributed by atoms with Crippen LogP contribution in [-0.4, -0.2) is 0 Å². The zero-order valence-electron chi connectivity index (χ0n) is 19.0. The third kappa shape index (κ3) is 4.56. The monoisotopic (exact) mass is 385 g/mol. The second-order valence-corrected chi connectivity index (χ2v) is 9.79. The van der Waals surface area contributed by atoms with Crippen LogP contribution >= 0.6 is 0 Å². The van der Waals surface area contributed by atoms with Crippen LogP contribution in [0, 0.1) is 0 Å². The molecule has 152 valence electrons. The van der Waals surface area contributed by atoms with Gasteiger partial charge in [-0.05, 0) is 68.3 Å². The maximum Gasteiger partial charge on any atom is 0.0355 e. The molecule has 0 heterocycles. The Morgan fingerprint density at radius 2 is 1.31 bits per heavy atom. The summed E-state index contributed by atoms with van der Waals surface area (Å²) in [4.78, 5) is 0. The second kappa shape index (κ2) is 8.06. The molecule has 0 saturated carbocycles. The zero-order valence-corrected chi connectivity index (χ0v) is 19.0. The number of rotatable bonds is 4. The Morgan fingerprint density at radius 1 is 0.690 bits per heavy atom. The molecular formula is C28H35N. The van der Waals surface area contributed by atoms with Crippen LogP contribution < -0.4 is 5.73 Å². The lowest BCUT2D eigenvalue weighted by molar-refractivity contribution is 0.590. The number of anilines is 1. The number of nitrogens with two attached hydrogens (primary N) is 1. The summed E-state index contributed by atoms with van der Waals surface area (Å²) >= 11 is 0. The van der Waals surface area contributed by atoms with Gasteiger partial charge >= 0.3 is 0 Å². The van der Waals surface area contributed by atoms with E-state index in [4.69, 9.17) is 5.73 Å². The lowest BCUT2D eigenvalue weighted by Crippen LogP contribution is -2.10. The molecule has 2 N–H and O–H groups in total. The third-order valence-corrected chi connectivity index (χ3v) is 5.77. The van der Waals surface area contributed by atoms with E-state index in [-0.39, 0.29) is 5.41 Å². The Labute approximate surface area is 177 Å². The van der Waals surface area contributed by atoms with Gasteiger partial charge in [-0.2, -0.15) is 0 Å². The molecule has 1 heteroatoms. The summed E-state index contributed by atoms with van der Waals surface area (Å²) in [5, 5.41) is 0. The minimum atomic E-state index is 0.146. The highest BCUT2D eigenvalue weighted by Gasteiger charge is 2.17. The number of hydrogen-bond acceptors (Lipinski definition) is 1. The smallest absolute Gasteiger partial charge is 0.0355 e. The standard InChI is InChI=1S/C28H35N/c1-18(2)21-9-8-10-22(15-21)25-16-24(19(3)4)27(29)17-26(25)20-11-13-23(14-12-20)28(5,6)7/h8-19H,29H2,1-7H3. The molecule has 3 aromatic carbocycles. The lowest BCUT2D eigenvalue weighted by atomic mass is 9.84. The molecule has 0 saturated heterocycles. The molecule has 0 unspecified atom stereocenters. The van der Waals surface area contributed by atoms with Gasteiger partial charge in [-0.25, -0.2) is 0 Å². The Balaban J connectivity index is 2.21. The third-order valence-electron chi connectivity index (χ3n) is 5.77. The minimum Gasteiger partial charge on any atom is -0.398 e. The van der Waals surface area contributed by atoms with E-state index in [2.05, 4.69) is 109 Å². The van der Waals surface area contributed by atoms with Crippen molar-refractivity contribution < 1.29 is 0 Å². The van der Waals surface area contributed by atoms with Gasteiger partial charge in [-0.15, -0.1) is 0 Å². The molecule has 3 rings (SSSR count). The molecule has 0 bridgehead atoms. The van der Waals surface area contributed by atoms with E-state index >= 15 is 0 Å². The van der Waals surface area contributed by atoms with Gasteiger partial charge in [0.15, 0.2) is 0 Å². The number of nitrogen functional groups attached to an aromatic ring is 1. The summed E-state index contributed by atoms with van der Waals surface area (Å²) in [5.74, 6) is 0.891. The summed E-state index contributed by atoms with van der Waals surface area (Å²) < 4.78 is 0. The van der Waals surface area contributed by atoms with Crippen LogP contribution in [0.4, 0.5) is 5.69 Å². The predicted molar refractivity (Wildman–Crippen MR) is 129 cm³/mol. The molecule has 1 nitrogen and oxygen atoms in total. The van der Waals surface area contributed by atoms with Crippen molar-refractivity contribution in [2.75, 3.05) is 5.73 Å². The molecule has 0 atom stereocenters. The molecular weight excluding hydrogens is 350 g/mol. The van der Waals surface area contributed by atoms with Crippen LogP contribution in [0.5, 0.6) is 0 Å². The van der Waals surface area contributed by atoms with Crippen LogP contribution in [0.2, 0.25) is 0 Å². The Hall–Kier alpha value is -2.54. The molecule has 0 aliphatic carbocycles. The lowest BCUT2D eigenvalue weighted by Gasteiger charge is -2.21. The minimum absolute atomic E-state index is 0.146. The molecule has 0 amide bonds. The van der Waals surface area contributed by atoms with E-state index in [1.807, 2.05) is 0 Å². The van der Waals surface area contributed by atoms with Crippen molar-refractivity contribution in [1.82, 2.24) is 0 Å². The van der Waals surface area contributed by atoms with Gasteiger partial charge in [0.05, 0.1) is 0 Å². The first-order valence-corrected chi connectivity index (χ1v) is 10.7. The van der Waals surface area contributed by atoms with E-state index in [0.29, 0.717) is 11.8 Å². The predicted octanol–water partition coefficient (Wildman–Crippen LogP) is 8.15. The average molecular weight is 386 g/mol. The van der Waals surface area contributed by atoms with E-state index < -0.39 is 0 Å². The normalized spacial score (nSPS) is 12.0. The fourth-order valence-corrected chi connectivity index (χ4v) is 3.83. The first-order valence-electron chi connectivity index (χ1n) is 10.7. The Morgan fingerprint density at radius 3 is 1.86 bits per heavy atom. The molecule has 0 aromatic heterocycles. The first kappa shape index (κ1) is 21.2. The summed E-state index contributed by atoms with van der Waals surface area (Å²) in [7, 11) is 0. The van der Waals surface area contributed by atoms with Crippen molar-refractivity contribution in [1.29, 1.82) is 0 Å². The summed E-state index contributed by atoms with van der Waals surface area (Å²) in [6.07, 6.45) is 0. The molecule has 0 aliphatic rings. The first-order chi connectivity index (χ1) is 13.6. The van der Waals surface area contributed by atoms with Gasteiger partial charge in [-0.3, -0.25) is 0 Å². The van der Waals surface area contributed by atoms with Gasteiger partial charge in [0, 0.05) is 5.69 Å². The molecule has 0 spiro atoms. The highest BCUT2D eigenvalue weighted by molar-refractivity contribution is 5.87. The van der Waals surface area contributed by atoms with E-state index in [1.54, 1.807) is 0 Å². The van der Waals surface area contributed by atoms with Crippen LogP contribution in [-0.2, 0) is 5.41 Å². The van der Waals surface area contributed by atoms with Gasteiger partial charge in [-0.1, -0.05) is 97.0 Å². The van der Waals surface area contributed by atoms with Crippen molar-refractivity contribution in [3.8, 4) is 22.3 Å². The van der Waals surface area contributed by atoms with Crippen LogP contribution in [0.25, 0.3) is 22.3 Å². The van der Waals surface area contributed by atoms with E-state index in [9.17, 15) is 0 Å². The van der Waals surface area contributed by atoms with Crippen LogP contribution in [0.1, 0.15) is 77.0 Å².